The van der Waals surface area contributed by atoms with Crippen LogP contribution in [-0.4, -0.2) is 16.2 Å². The van der Waals surface area contributed by atoms with E-state index >= 15 is 0 Å². The van der Waals surface area contributed by atoms with E-state index in [4.69, 9.17) is 0 Å². The van der Waals surface area contributed by atoms with E-state index in [1.165, 1.54) is 17.3 Å². The van der Waals surface area contributed by atoms with E-state index in [1.807, 2.05) is 26.0 Å². The first-order valence-electron chi connectivity index (χ1n) is 7.38. The summed E-state index contributed by atoms with van der Waals surface area (Å²) in [5.74, 6) is -0.145. The molecule has 2 N–H and O–H groups in total. The third-order valence-electron chi connectivity index (χ3n) is 3.57. The molecule has 25 heavy (non-hydrogen) atoms. The molecular formula is C18H14Br2N2O2S. The number of halogens is 2. The van der Waals surface area contributed by atoms with Gasteiger partial charge in [0.05, 0.1) is 15.1 Å². The van der Waals surface area contributed by atoms with Gasteiger partial charge in [0.2, 0.25) is 0 Å². The van der Waals surface area contributed by atoms with Gasteiger partial charge >= 0.3 is 0 Å². The molecule has 1 heterocycles. The Labute approximate surface area is 166 Å². The predicted octanol–water partition coefficient (Wildman–Crippen LogP) is 5.43. The Hall–Kier alpha value is -1.57. The molecule has 2 aromatic rings. The highest BCUT2D eigenvalue weighted by molar-refractivity contribution is 9.11. The van der Waals surface area contributed by atoms with Gasteiger partial charge in [0.15, 0.2) is 5.17 Å². The number of benzene rings is 2. The topological polar surface area (TPSA) is 61.7 Å². The van der Waals surface area contributed by atoms with Crippen LogP contribution in [0.1, 0.15) is 16.7 Å². The number of carbonyl (C=O) groups is 1. The first kappa shape index (κ1) is 18.2. The molecule has 0 radical (unpaired) electrons. The molecule has 0 bridgehead atoms. The van der Waals surface area contributed by atoms with Gasteiger partial charge in [0.25, 0.3) is 5.91 Å². The van der Waals surface area contributed by atoms with E-state index in [2.05, 4.69) is 48.2 Å². The summed E-state index contributed by atoms with van der Waals surface area (Å²) in [6, 6.07) is 9.46. The van der Waals surface area contributed by atoms with Crippen molar-refractivity contribution in [1.82, 2.24) is 5.32 Å². The summed E-state index contributed by atoms with van der Waals surface area (Å²) in [4.78, 5) is 17.2. The van der Waals surface area contributed by atoms with Crippen LogP contribution in [0.15, 0.2) is 49.2 Å². The molecular weight excluding hydrogens is 468 g/mol. The molecule has 0 saturated carbocycles. The van der Waals surface area contributed by atoms with Crippen molar-refractivity contribution in [3.63, 3.8) is 0 Å². The largest absolute Gasteiger partial charge is 0.506 e. The average molecular weight is 482 g/mol. The Morgan fingerprint density at radius 3 is 2.68 bits per heavy atom. The van der Waals surface area contributed by atoms with Crippen LogP contribution in [0.4, 0.5) is 5.69 Å². The molecule has 1 amide bonds. The van der Waals surface area contributed by atoms with Crippen LogP contribution >= 0.6 is 43.6 Å². The number of thioether (sulfide) groups is 1. The van der Waals surface area contributed by atoms with E-state index in [0.29, 0.717) is 20.1 Å². The molecule has 0 unspecified atom stereocenters. The fourth-order valence-corrected chi connectivity index (χ4v) is 4.44. The van der Waals surface area contributed by atoms with Crippen LogP contribution in [0, 0.1) is 13.8 Å². The van der Waals surface area contributed by atoms with E-state index in [-0.39, 0.29) is 11.7 Å². The lowest BCUT2D eigenvalue weighted by Crippen LogP contribution is -2.19. The number of nitrogens with zero attached hydrogens (tertiary/aromatic N) is 1. The second-order valence-corrected chi connectivity index (χ2v) is 8.40. The molecule has 0 aliphatic carbocycles. The normalized spacial score (nSPS) is 17.4. The van der Waals surface area contributed by atoms with Gasteiger partial charge in [-0.25, -0.2) is 4.99 Å². The predicted molar refractivity (Wildman–Crippen MR) is 110 cm³/mol. The Kier molecular flexibility index (Phi) is 5.36. The molecule has 0 atom stereocenters. The summed E-state index contributed by atoms with van der Waals surface area (Å²) in [6.45, 7) is 4.01. The van der Waals surface area contributed by atoms with Crippen molar-refractivity contribution in [3.05, 3.63) is 60.9 Å². The molecule has 1 saturated heterocycles. The Morgan fingerprint density at radius 2 is 1.96 bits per heavy atom. The van der Waals surface area contributed by atoms with Crippen LogP contribution in [-0.2, 0) is 4.79 Å². The summed E-state index contributed by atoms with van der Waals surface area (Å²) in [5.41, 5.74) is 3.59. The zero-order chi connectivity index (χ0) is 18.1. The van der Waals surface area contributed by atoms with Crippen LogP contribution in [0.5, 0.6) is 5.75 Å². The summed E-state index contributed by atoms with van der Waals surface area (Å²) in [5, 5.41) is 13.4. The monoisotopic (exact) mass is 480 g/mol. The van der Waals surface area contributed by atoms with Gasteiger partial charge in [0, 0.05) is 10.0 Å². The number of phenolic OH excluding ortho intramolecular Hbond substituents is 1. The van der Waals surface area contributed by atoms with E-state index in [1.54, 1.807) is 18.2 Å². The standard InChI is InChI=1S/C18H14Br2N2O2S/c1-9-3-4-14(10(2)5-9)21-18-22-17(24)15(25-18)7-11-6-12(19)8-13(20)16(11)23/h3-8,23H,1-2H3,(H,21,22,24)/b15-7-. The molecule has 7 heteroatoms. The van der Waals surface area contributed by atoms with Crippen LogP contribution in [0.2, 0.25) is 0 Å². The lowest BCUT2D eigenvalue weighted by Gasteiger charge is -2.03. The number of aromatic hydroxyl groups is 1. The number of phenols is 1. The van der Waals surface area contributed by atoms with Gasteiger partial charge in [-0.15, -0.1) is 0 Å². The van der Waals surface area contributed by atoms with Crippen molar-refractivity contribution in [2.75, 3.05) is 0 Å². The van der Waals surface area contributed by atoms with Gasteiger partial charge in [0.1, 0.15) is 5.75 Å². The number of carbonyl (C=O) groups excluding carboxylic acids is 1. The van der Waals surface area contributed by atoms with Gasteiger partial charge in [-0.3, -0.25) is 4.79 Å². The minimum Gasteiger partial charge on any atom is -0.506 e. The van der Waals surface area contributed by atoms with Gasteiger partial charge in [-0.2, -0.15) is 0 Å². The highest BCUT2D eigenvalue weighted by Gasteiger charge is 2.24. The smallest absolute Gasteiger partial charge is 0.264 e. The SMILES string of the molecule is Cc1ccc(N=C2NC(=O)/C(=C/c3cc(Br)cc(Br)c3O)S2)c(C)c1. The minimum atomic E-state index is -0.232. The van der Waals surface area contributed by atoms with Crippen molar-refractivity contribution >= 4 is 66.5 Å². The fraction of sp³-hybridized carbons (Fsp3) is 0.111. The second kappa shape index (κ2) is 7.35. The third-order valence-corrected chi connectivity index (χ3v) is 5.54. The van der Waals surface area contributed by atoms with Crippen LogP contribution in [0.3, 0.4) is 0 Å². The number of nitrogens with one attached hydrogen (secondary N) is 1. The molecule has 128 valence electrons. The van der Waals surface area contributed by atoms with Gasteiger partial charge in [-0.05, 0) is 71.4 Å². The molecule has 0 spiro atoms. The lowest BCUT2D eigenvalue weighted by atomic mass is 10.1. The zero-order valence-electron chi connectivity index (χ0n) is 13.4. The molecule has 4 nitrogen and oxygen atoms in total. The highest BCUT2D eigenvalue weighted by atomic mass is 79.9. The van der Waals surface area contributed by atoms with Gasteiger partial charge < -0.3 is 10.4 Å². The van der Waals surface area contributed by atoms with Crippen molar-refractivity contribution < 1.29 is 9.90 Å². The second-order valence-electron chi connectivity index (χ2n) is 5.60. The summed E-state index contributed by atoms with van der Waals surface area (Å²) in [6.07, 6.45) is 1.65. The molecule has 1 fully saturated rings. The Morgan fingerprint density at radius 1 is 1.20 bits per heavy atom. The van der Waals surface area contributed by atoms with E-state index in [0.717, 1.165) is 15.7 Å². The van der Waals surface area contributed by atoms with Crippen molar-refractivity contribution in [1.29, 1.82) is 0 Å². The number of aliphatic imine (C=N–C) groups is 1. The molecule has 3 rings (SSSR count). The number of hydrogen-bond acceptors (Lipinski definition) is 4. The summed E-state index contributed by atoms with van der Waals surface area (Å²) >= 11 is 7.92. The molecule has 1 aliphatic heterocycles. The van der Waals surface area contributed by atoms with Crippen molar-refractivity contribution in [2.24, 2.45) is 4.99 Å². The first-order chi connectivity index (χ1) is 11.8. The van der Waals surface area contributed by atoms with Crippen LogP contribution in [0.25, 0.3) is 6.08 Å². The Bertz CT molecular complexity index is 939. The average Bonchev–Trinajstić information content (AvgIpc) is 2.87. The number of rotatable bonds is 2. The minimum absolute atomic E-state index is 0.0869. The van der Waals surface area contributed by atoms with Crippen LogP contribution < -0.4 is 5.32 Å². The van der Waals surface area contributed by atoms with Gasteiger partial charge in [-0.1, -0.05) is 33.6 Å². The lowest BCUT2D eigenvalue weighted by molar-refractivity contribution is -0.115. The number of amidine groups is 1. The highest BCUT2D eigenvalue weighted by Crippen LogP contribution is 2.36. The molecule has 2 aromatic carbocycles. The maximum absolute atomic E-state index is 12.2. The Balaban J connectivity index is 1.91. The van der Waals surface area contributed by atoms with Crippen molar-refractivity contribution in [3.8, 4) is 5.75 Å². The number of amides is 1. The first-order valence-corrected chi connectivity index (χ1v) is 9.78. The number of hydrogen-bond donors (Lipinski definition) is 2. The maximum atomic E-state index is 12.2. The fourth-order valence-electron chi connectivity index (χ4n) is 2.36. The van der Waals surface area contributed by atoms with E-state index in [9.17, 15) is 9.90 Å². The third kappa shape index (κ3) is 4.16. The number of aryl methyl sites for hydroxylation is 2. The van der Waals surface area contributed by atoms with Crippen molar-refractivity contribution in [2.45, 2.75) is 13.8 Å². The zero-order valence-corrected chi connectivity index (χ0v) is 17.4. The quantitative estimate of drug-likeness (QED) is 0.562. The summed E-state index contributed by atoms with van der Waals surface area (Å²) < 4.78 is 1.36. The maximum Gasteiger partial charge on any atom is 0.264 e. The summed E-state index contributed by atoms with van der Waals surface area (Å²) in [7, 11) is 0. The molecule has 1 aliphatic rings. The molecule has 0 aromatic heterocycles. The van der Waals surface area contributed by atoms with E-state index < -0.39 is 0 Å².